The fourth-order valence-corrected chi connectivity index (χ4v) is 1.98. The number of anilines is 1. The van der Waals surface area contributed by atoms with E-state index < -0.39 is 5.97 Å². The first kappa shape index (κ1) is 14.7. The predicted molar refractivity (Wildman–Crippen MR) is 76.6 cm³/mol. The van der Waals surface area contributed by atoms with Gasteiger partial charge in [-0.1, -0.05) is 0 Å². The fourth-order valence-electron chi connectivity index (χ4n) is 1.98. The van der Waals surface area contributed by atoms with Crippen molar-refractivity contribution in [3.05, 3.63) is 35.2 Å². The molecule has 0 aliphatic carbocycles. The van der Waals surface area contributed by atoms with Gasteiger partial charge < -0.3 is 20.3 Å². The summed E-state index contributed by atoms with van der Waals surface area (Å²) in [6.07, 6.45) is 0. The summed E-state index contributed by atoms with van der Waals surface area (Å²) in [5.74, 6) is -0.407. The van der Waals surface area contributed by atoms with E-state index in [0.29, 0.717) is 11.5 Å². The topological polar surface area (TPSA) is 99.6 Å². The Labute approximate surface area is 121 Å². The summed E-state index contributed by atoms with van der Waals surface area (Å²) in [5.41, 5.74) is 7.52. The predicted octanol–water partition coefficient (Wildman–Crippen LogP) is 1.60. The van der Waals surface area contributed by atoms with E-state index in [0.717, 1.165) is 11.4 Å². The molecule has 0 amide bonds. The molecule has 7 heteroatoms. The van der Waals surface area contributed by atoms with Crippen LogP contribution in [0.4, 0.5) is 5.69 Å². The molecule has 0 unspecified atom stereocenters. The molecule has 0 aliphatic heterocycles. The number of ether oxygens (including phenoxy) is 2. The molecule has 112 valence electrons. The molecule has 0 radical (unpaired) electrons. The zero-order chi connectivity index (χ0) is 15.6. The Kier molecular flexibility index (Phi) is 4.02. The van der Waals surface area contributed by atoms with Crippen LogP contribution in [-0.4, -0.2) is 28.0 Å². The molecule has 2 aromatic rings. The van der Waals surface area contributed by atoms with Gasteiger partial charge in [-0.05, 0) is 13.0 Å². The second-order valence-electron chi connectivity index (χ2n) is 4.58. The maximum Gasteiger partial charge on any atom is 0.337 e. The minimum absolute atomic E-state index is 0.0213. The Morgan fingerprint density at radius 3 is 2.62 bits per heavy atom. The number of carbonyl (C=O) groups is 1. The van der Waals surface area contributed by atoms with Crippen molar-refractivity contribution in [2.24, 2.45) is 7.05 Å². The molecule has 0 saturated carbocycles. The van der Waals surface area contributed by atoms with Gasteiger partial charge in [0, 0.05) is 19.2 Å². The molecule has 2 rings (SSSR count). The first-order valence-electron chi connectivity index (χ1n) is 6.25. The van der Waals surface area contributed by atoms with E-state index in [1.165, 1.54) is 19.2 Å². The number of hydrogen-bond acceptors (Lipinski definition) is 5. The lowest BCUT2D eigenvalue weighted by atomic mass is 10.1. The van der Waals surface area contributed by atoms with Crippen LogP contribution in [0.3, 0.4) is 0 Å². The van der Waals surface area contributed by atoms with Crippen LogP contribution in [0.2, 0.25) is 0 Å². The minimum Gasteiger partial charge on any atom is -0.493 e. The third-order valence-electron chi connectivity index (χ3n) is 3.04. The zero-order valence-electron chi connectivity index (χ0n) is 12.1. The fraction of sp³-hybridized carbons (Fsp3) is 0.286. The molecule has 7 nitrogen and oxygen atoms in total. The molecule has 3 N–H and O–H groups in total. The number of nitrogens with two attached hydrogens (primary N) is 1. The summed E-state index contributed by atoms with van der Waals surface area (Å²) in [6, 6.07) is 4.69. The molecule has 21 heavy (non-hydrogen) atoms. The smallest absolute Gasteiger partial charge is 0.337 e. The van der Waals surface area contributed by atoms with Gasteiger partial charge in [0.05, 0.1) is 29.7 Å². The van der Waals surface area contributed by atoms with Crippen LogP contribution in [0.5, 0.6) is 11.5 Å². The van der Waals surface area contributed by atoms with E-state index in [2.05, 4.69) is 5.10 Å². The summed E-state index contributed by atoms with van der Waals surface area (Å²) in [7, 11) is 3.28. The van der Waals surface area contributed by atoms with Gasteiger partial charge in [-0.25, -0.2) is 4.79 Å². The summed E-state index contributed by atoms with van der Waals surface area (Å²) in [5, 5.41) is 13.3. The van der Waals surface area contributed by atoms with Crippen LogP contribution >= 0.6 is 0 Å². The Balaban J connectivity index is 2.28. The van der Waals surface area contributed by atoms with Gasteiger partial charge in [-0.2, -0.15) is 5.10 Å². The monoisotopic (exact) mass is 291 g/mol. The highest BCUT2D eigenvalue weighted by Crippen LogP contribution is 2.32. The second kappa shape index (κ2) is 5.74. The number of methoxy groups -OCH3 is 1. The molecule has 1 aromatic heterocycles. The maximum atomic E-state index is 11.1. The van der Waals surface area contributed by atoms with Gasteiger partial charge >= 0.3 is 5.97 Å². The van der Waals surface area contributed by atoms with Gasteiger partial charge in [0.15, 0.2) is 11.5 Å². The molecule has 0 aliphatic rings. The number of carboxylic acid groups (broad SMARTS) is 1. The zero-order valence-corrected chi connectivity index (χ0v) is 12.1. The van der Waals surface area contributed by atoms with Gasteiger partial charge in [0.25, 0.3) is 0 Å². The van der Waals surface area contributed by atoms with E-state index in [4.69, 9.17) is 20.3 Å². The van der Waals surface area contributed by atoms with Crippen molar-refractivity contribution in [3.8, 4) is 11.5 Å². The van der Waals surface area contributed by atoms with Gasteiger partial charge in [-0.15, -0.1) is 0 Å². The summed E-state index contributed by atoms with van der Waals surface area (Å²) in [4.78, 5) is 11.1. The maximum absolute atomic E-state index is 11.1. The van der Waals surface area contributed by atoms with E-state index in [1.807, 2.05) is 20.0 Å². The lowest BCUT2D eigenvalue weighted by Gasteiger charge is -2.13. The van der Waals surface area contributed by atoms with Crippen LogP contribution in [0.15, 0.2) is 18.2 Å². The summed E-state index contributed by atoms with van der Waals surface area (Å²) >= 11 is 0. The molecular formula is C14H17N3O4. The lowest BCUT2D eigenvalue weighted by molar-refractivity contribution is 0.0697. The SMILES string of the molecule is COc1cc(N)c(C(=O)O)cc1OCc1cc(C)nn1C. The molecule has 0 saturated heterocycles. The molecular weight excluding hydrogens is 274 g/mol. The van der Waals surface area contributed by atoms with Crippen molar-refractivity contribution in [2.45, 2.75) is 13.5 Å². The van der Waals surface area contributed by atoms with Gasteiger partial charge in [0.2, 0.25) is 0 Å². The first-order chi connectivity index (χ1) is 9.92. The number of aromatic carboxylic acids is 1. The average molecular weight is 291 g/mol. The number of hydrogen-bond donors (Lipinski definition) is 2. The van der Waals surface area contributed by atoms with E-state index in [9.17, 15) is 4.79 Å². The quantitative estimate of drug-likeness (QED) is 0.812. The third-order valence-corrected chi connectivity index (χ3v) is 3.04. The number of rotatable bonds is 5. The highest BCUT2D eigenvalue weighted by Gasteiger charge is 2.15. The van der Waals surface area contributed by atoms with Crippen LogP contribution < -0.4 is 15.2 Å². The van der Waals surface area contributed by atoms with Crippen molar-refractivity contribution >= 4 is 11.7 Å². The summed E-state index contributed by atoms with van der Waals surface area (Å²) in [6.45, 7) is 2.13. The summed E-state index contributed by atoms with van der Waals surface area (Å²) < 4.78 is 12.5. The van der Waals surface area contributed by atoms with Gasteiger partial charge in [0.1, 0.15) is 6.61 Å². The number of nitrogens with zero attached hydrogens (tertiary/aromatic N) is 2. The molecule has 1 heterocycles. The highest BCUT2D eigenvalue weighted by molar-refractivity contribution is 5.94. The van der Waals surface area contributed by atoms with Crippen molar-refractivity contribution < 1.29 is 19.4 Å². The Morgan fingerprint density at radius 2 is 2.10 bits per heavy atom. The Bertz CT molecular complexity index is 679. The molecule has 0 bridgehead atoms. The first-order valence-corrected chi connectivity index (χ1v) is 6.25. The number of aromatic nitrogens is 2. The van der Waals surface area contributed by atoms with Crippen LogP contribution in [0.1, 0.15) is 21.7 Å². The largest absolute Gasteiger partial charge is 0.493 e. The number of benzene rings is 1. The van der Waals surface area contributed by atoms with Crippen LogP contribution in [0, 0.1) is 6.92 Å². The molecule has 0 atom stereocenters. The van der Waals surface area contributed by atoms with Crippen molar-refractivity contribution in [3.63, 3.8) is 0 Å². The van der Waals surface area contributed by atoms with Crippen molar-refractivity contribution in [1.82, 2.24) is 9.78 Å². The number of nitrogen functional groups attached to an aromatic ring is 1. The third kappa shape index (κ3) is 3.07. The Hall–Kier alpha value is -2.70. The molecule has 1 aromatic carbocycles. The number of carboxylic acids is 1. The molecule has 0 fully saturated rings. The average Bonchev–Trinajstić information content (AvgIpc) is 2.74. The van der Waals surface area contributed by atoms with E-state index in [-0.39, 0.29) is 17.9 Å². The second-order valence-corrected chi connectivity index (χ2v) is 4.58. The van der Waals surface area contributed by atoms with Crippen molar-refractivity contribution in [2.75, 3.05) is 12.8 Å². The van der Waals surface area contributed by atoms with E-state index >= 15 is 0 Å². The number of aryl methyl sites for hydroxylation is 2. The Morgan fingerprint density at radius 1 is 1.38 bits per heavy atom. The lowest BCUT2D eigenvalue weighted by Crippen LogP contribution is -2.07. The van der Waals surface area contributed by atoms with Crippen LogP contribution in [-0.2, 0) is 13.7 Å². The molecule has 0 spiro atoms. The van der Waals surface area contributed by atoms with Gasteiger partial charge in [-0.3, -0.25) is 4.68 Å². The normalized spacial score (nSPS) is 10.4. The highest BCUT2D eigenvalue weighted by atomic mass is 16.5. The minimum atomic E-state index is -1.11. The van der Waals surface area contributed by atoms with E-state index in [1.54, 1.807) is 4.68 Å². The standard InChI is InChI=1S/C14H17N3O4/c1-8-4-9(17(2)16-8)7-21-13-5-10(14(18)19)11(15)6-12(13)20-3/h4-6H,7,15H2,1-3H3,(H,18,19). The van der Waals surface area contributed by atoms with Crippen molar-refractivity contribution in [1.29, 1.82) is 0 Å². The van der Waals surface area contributed by atoms with Crippen LogP contribution in [0.25, 0.3) is 0 Å².